The summed E-state index contributed by atoms with van der Waals surface area (Å²) in [5.41, 5.74) is 6.29. The normalized spacial score (nSPS) is 43.9. The van der Waals surface area contributed by atoms with Gasteiger partial charge < -0.3 is 15.5 Å². The molecule has 0 unspecified atom stereocenters. The van der Waals surface area contributed by atoms with Crippen molar-refractivity contribution >= 4 is 5.78 Å². The molecule has 4 nitrogen and oxygen atoms in total. The molecule has 4 heteroatoms. The van der Waals surface area contributed by atoms with E-state index in [0.29, 0.717) is 17.6 Å². The van der Waals surface area contributed by atoms with Gasteiger partial charge in [0.25, 0.3) is 0 Å². The first-order valence-corrected chi connectivity index (χ1v) is 12.5. The molecule has 0 aromatic heterocycles. The van der Waals surface area contributed by atoms with Gasteiger partial charge in [0.1, 0.15) is 0 Å². The maximum atomic E-state index is 13.9. The average molecular weight is 426 g/mol. The van der Waals surface area contributed by atoms with Crippen LogP contribution in [0.4, 0.5) is 0 Å². The molecule has 1 saturated carbocycles. The van der Waals surface area contributed by atoms with E-state index >= 15 is 0 Å². The van der Waals surface area contributed by atoms with Crippen molar-refractivity contribution in [2.24, 2.45) is 29.1 Å². The van der Waals surface area contributed by atoms with Gasteiger partial charge in [0.05, 0.1) is 12.2 Å². The first kappa shape index (κ1) is 21.6. The molecule has 2 fully saturated rings. The Bertz CT molecular complexity index is 883. The summed E-state index contributed by atoms with van der Waals surface area (Å²) >= 11 is 0. The minimum atomic E-state index is -0.318. The minimum Gasteiger partial charge on any atom is -0.393 e. The van der Waals surface area contributed by atoms with Crippen molar-refractivity contribution in [1.29, 1.82) is 0 Å². The third kappa shape index (κ3) is 3.24. The lowest BCUT2D eigenvalue weighted by Gasteiger charge is -2.42. The summed E-state index contributed by atoms with van der Waals surface area (Å²) < 4.78 is 0. The number of rotatable bonds is 2. The van der Waals surface area contributed by atoms with Gasteiger partial charge in [0.2, 0.25) is 0 Å². The van der Waals surface area contributed by atoms with Crippen LogP contribution in [0.2, 0.25) is 0 Å². The zero-order chi connectivity index (χ0) is 22.1. The van der Waals surface area contributed by atoms with Crippen LogP contribution in [0.25, 0.3) is 0 Å². The number of allylic oxidation sites excluding steroid dienone is 4. The van der Waals surface area contributed by atoms with Gasteiger partial charge in [-0.25, -0.2) is 0 Å². The van der Waals surface area contributed by atoms with Gasteiger partial charge in [-0.1, -0.05) is 49.1 Å². The molecule has 4 aliphatic carbocycles. The molecule has 0 spiro atoms. The first-order valence-electron chi connectivity index (χ1n) is 12.5. The fraction of sp³-hybridized carbons (Fsp3) is 0.741. The van der Waals surface area contributed by atoms with Crippen LogP contribution < -0.4 is 5.32 Å². The number of carbonyl (C=O) groups is 1. The highest BCUT2D eigenvalue weighted by atomic mass is 16.3. The average Bonchev–Trinajstić information content (AvgIpc) is 3.02. The van der Waals surface area contributed by atoms with Crippen molar-refractivity contribution in [3.05, 3.63) is 33.9 Å². The van der Waals surface area contributed by atoms with Crippen LogP contribution in [-0.4, -0.2) is 40.8 Å². The lowest BCUT2D eigenvalue weighted by atomic mass is 9.62. The maximum Gasteiger partial charge on any atom is 0.167 e. The van der Waals surface area contributed by atoms with Crippen LogP contribution in [0.15, 0.2) is 33.9 Å². The highest BCUT2D eigenvalue weighted by Gasteiger charge is 2.53. The zero-order valence-electron chi connectivity index (χ0n) is 19.6. The van der Waals surface area contributed by atoms with E-state index in [-0.39, 0.29) is 35.5 Å². The summed E-state index contributed by atoms with van der Waals surface area (Å²) in [6, 6.07) is 0.0856. The van der Waals surface area contributed by atoms with Crippen molar-refractivity contribution in [1.82, 2.24) is 5.32 Å². The quantitative estimate of drug-likeness (QED) is 0.583. The minimum absolute atomic E-state index is 0.00715. The largest absolute Gasteiger partial charge is 0.393 e. The highest BCUT2D eigenvalue weighted by molar-refractivity contribution is 6.05. The van der Waals surface area contributed by atoms with E-state index < -0.39 is 0 Å². The van der Waals surface area contributed by atoms with Gasteiger partial charge in [-0.3, -0.25) is 4.79 Å². The van der Waals surface area contributed by atoms with E-state index in [2.05, 4.69) is 39.1 Å². The molecule has 1 heterocycles. The molecule has 8 atom stereocenters. The molecule has 0 aromatic carbocycles. The third-order valence-electron chi connectivity index (χ3n) is 9.51. The van der Waals surface area contributed by atoms with Gasteiger partial charge in [-0.15, -0.1) is 0 Å². The molecule has 0 radical (unpaired) electrons. The summed E-state index contributed by atoms with van der Waals surface area (Å²) in [6.45, 7) is 9.83. The number of aliphatic hydroxyl groups excluding tert-OH is 2. The second kappa shape index (κ2) is 7.67. The van der Waals surface area contributed by atoms with Gasteiger partial charge in [-0.05, 0) is 76.2 Å². The number of ketones is 1. The fourth-order valence-corrected chi connectivity index (χ4v) is 7.76. The van der Waals surface area contributed by atoms with Crippen LogP contribution in [0.3, 0.4) is 0 Å². The Morgan fingerprint density at radius 3 is 2.77 bits per heavy atom. The SMILES string of the molecule is CC1=C([C@H](C)[C@@H]2NC[C@H](C)C[C@@H]2O)CC[C@@H]2C3=C(C(=O)[C@H]12)[C@]1(C)CC[C@H](O)CC1=CC3. The standard InChI is InChI=1S/C27H39NO3/c1-14-11-22(30)25(28-13-14)16(3)19-7-8-20-21-6-5-17-12-18(29)9-10-27(17,4)24(21)26(31)23(20)15(19)2/h5,14,16,18,20,22-23,25,28-30H,6-13H2,1-4H3/t14-,16+,18+,20-,22+,23-,25+,27-/m1/s1. The van der Waals surface area contributed by atoms with E-state index in [1.54, 1.807) is 0 Å². The van der Waals surface area contributed by atoms with Crippen molar-refractivity contribution in [2.45, 2.75) is 90.9 Å². The van der Waals surface area contributed by atoms with E-state index in [1.165, 1.54) is 22.3 Å². The maximum absolute atomic E-state index is 13.9. The van der Waals surface area contributed by atoms with Crippen molar-refractivity contribution < 1.29 is 15.0 Å². The van der Waals surface area contributed by atoms with Gasteiger partial charge in [-0.2, -0.15) is 0 Å². The lowest BCUT2D eigenvalue weighted by Crippen LogP contribution is -2.52. The molecule has 0 amide bonds. The lowest BCUT2D eigenvalue weighted by molar-refractivity contribution is -0.119. The van der Waals surface area contributed by atoms with Gasteiger partial charge in [0.15, 0.2) is 5.78 Å². The van der Waals surface area contributed by atoms with Crippen LogP contribution >= 0.6 is 0 Å². The molecule has 3 N–H and O–H groups in total. The summed E-state index contributed by atoms with van der Waals surface area (Å²) in [7, 11) is 0. The molecule has 0 aromatic rings. The van der Waals surface area contributed by atoms with E-state index in [4.69, 9.17) is 0 Å². The number of carbonyl (C=O) groups excluding carboxylic acids is 1. The summed E-state index contributed by atoms with van der Waals surface area (Å²) in [4.78, 5) is 13.9. The van der Waals surface area contributed by atoms with Crippen molar-refractivity contribution in [3.63, 3.8) is 0 Å². The number of Topliss-reactive ketones (excluding diaryl/α,β-unsaturated/α-hetero) is 1. The predicted octanol–water partition coefficient (Wildman–Crippen LogP) is 4.08. The Morgan fingerprint density at radius 2 is 2.03 bits per heavy atom. The zero-order valence-corrected chi connectivity index (χ0v) is 19.6. The number of aliphatic hydroxyl groups is 2. The van der Waals surface area contributed by atoms with Crippen LogP contribution in [0.1, 0.15) is 72.6 Å². The Hall–Kier alpha value is -1.23. The summed E-state index contributed by atoms with van der Waals surface area (Å²) in [5, 5.41) is 24.5. The molecule has 1 aliphatic heterocycles. The molecule has 5 aliphatic rings. The highest BCUT2D eigenvalue weighted by Crippen LogP contribution is 2.59. The smallest absolute Gasteiger partial charge is 0.167 e. The second-order valence-corrected chi connectivity index (χ2v) is 11.4. The summed E-state index contributed by atoms with van der Waals surface area (Å²) in [6.07, 6.45) is 7.97. The molecule has 5 rings (SSSR count). The first-order chi connectivity index (χ1) is 14.7. The van der Waals surface area contributed by atoms with Crippen molar-refractivity contribution in [2.75, 3.05) is 6.54 Å². The Labute approximate surface area is 186 Å². The number of nitrogens with one attached hydrogen (secondary N) is 1. The second-order valence-electron chi connectivity index (χ2n) is 11.4. The molecule has 1 saturated heterocycles. The number of hydrogen-bond donors (Lipinski definition) is 3. The molecular formula is C27H39NO3. The monoisotopic (exact) mass is 425 g/mol. The van der Waals surface area contributed by atoms with Crippen LogP contribution in [0, 0.1) is 29.1 Å². The Balaban J connectivity index is 1.44. The van der Waals surface area contributed by atoms with Crippen molar-refractivity contribution in [3.8, 4) is 0 Å². The number of piperidine rings is 1. The number of hydrogen-bond acceptors (Lipinski definition) is 4. The molecule has 0 bridgehead atoms. The molecular weight excluding hydrogens is 386 g/mol. The van der Waals surface area contributed by atoms with E-state index in [9.17, 15) is 15.0 Å². The Morgan fingerprint density at radius 1 is 1.26 bits per heavy atom. The number of fused-ring (bicyclic) bond motifs is 4. The van der Waals surface area contributed by atoms with E-state index in [1.807, 2.05) is 0 Å². The van der Waals surface area contributed by atoms with Gasteiger partial charge >= 0.3 is 0 Å². The van der Waals surface area contributed by atoms with Gasteiger partial charge in [0, 0.05) is 22.9 Å². The molecule has 31 heavy (non-hydrogen) atoms. The van der Waals surface area contributed by atoms with Crippen LogP contribution in [0.5, 0.6) is 0 Å². The van der Waals surface area contributed by atoms with E-state index in [0.717, 1.165) is 57.1 Å². The molecule has 170 valence electrons. The summed E-state index contributed by atoms with van der Waals surface area (Å²) in [5.74, 6) is 1.46. The Kier molecular flexibility index (Phi) is 5.35. The predicted molar refractivity (Wildman–Crippen MR) is 122 cm³/mol. The fourth-order valence-electron chi connectivity index (χ4n) is 7.76. The van der Waals surface area contributed by atoms with Crippen LogP contribution in [-0.2, 0) is 4.79 Å². The third-order valence-corrected chi connectivity index (χ3v) is 9.51. The topological polar surface area (TPSA) is 69.6 Å².